The first-order chi connectivity index (χ1) is 13.5. The summed E-state index contributed by atoms with van der Waals surface area (Å²) >= 11 is 0. The van der Waals surface area contributed by atoms with Gasteiger partial charge in [0.25, 0.3) is 0 Å². The van der Waals surface area contributed by atoms with Gasteiger partial charge < -0.3 is 16.4 Å². The van der Waals surface area contributed by atoms with E-state index in [1.54, 1.807) is 0 Å². The Balaban J connectivity index is 0. The first-order valence-corrected chi connectivity index (χ1v) is 13.3. The van der Waals surface area contributed by atoms with Gasteiger partial charge in [-0.05, 0) is 64.8 Å². The molecule has 0 aliphatic rings. The number of sulfonamides is 1. The molecule has 7 heteroatoms. The van der Waals surface area contributed by atoms with Crippen molar-refractivity contribution in [2.24, 2.45) is 5.73 Å². The van der Waals surface area contributed by atoms with Gasteiger partial charge in [-0.25, -0.2) is 13.1 Å². The maximum Gasteiger partial charge on any atom is 0.211 e. The molecule has 0 heterocycles. The molecular formula is C21H50N4O2S. The van der Waals surface area contributed by atoms with E-state index in [-0.39, 0.29) is 0 Å². The molecule has 0 aromatic rings. The Morgan fingerprint density at radius 3 is 1.79 bits per heavy atom. The van der Waals surface area contributed by atoms with Crippen LogP contribution in [0.4, 0.5) is 0 Å². The summed E-state index contributed by atoms with van der Waals surface area (Å²) in [4.78, 5) is 0. The Labute approximate surface area is 176 Å². The van der Waals surface area contributed by atoms with E-state index >= 15 is 0 Å². The van der Waals surface area contributed by atoms with Crippen molar-refractivity contribution in [1.29, 1.82) is 0 Å². The molecule has 0 aromatic carbocycles. The minimum atomic E-state index is -2.99. The van der Waals surface area contributed by atoms with Crippen LogP contribution in [0.15, 0.2) is 0 Å². The quantitative estimate of drug-likeness (QED) is 0.226. The first-order valence-electron chi connectivity index (χ1n) is 11.6. The van der Waals surface area contributed by atoms with Crippen molar-refractivity contribution in [3.63, 3.8) is 0 Å². The Bertz CT molecular complexity index is 369. The fourth-order valence-electron chi connectivity index (χ4n) is 2.61. The summed E-state index contributed by atoms with van der Waals surface area (Å²) in [6.45, 7) is 12.1. The lowest BCUT2D eigenvalue weighted by Gasteiger charge is -2.05. The smallest absolute Gasteiger partial charge is 0.211 e. The minimum Gasteiger partial charge on any atom is -0.330 e. The zero-order valence-corrected chi connectivity index (χ0v) is 19.8. The van der Waals surface area contributed by atoms with Crippen molar-refractivity contribution in [3.05, 3.63) is 0 Å². The Morgan fingerprint density at radius 2 is 1.21 bits per heavy atom. The molecule has 0 saturated heterocycles. The number of nitrogens with one attached hydrogen (secondary N) is 3. The molecule has 0 fully saturated rings. The van der Waals surface area contributed by atoms with Gasteiger partial charge in [-0.3, -0.25) is 0 Å². The molecule has 0 aliphatic heterocycles. The second-order valence-corrected chi connectivity index (χ2v) is 9.21. The van der Waals surface area contributed by atoms with Gasteiger partial charge in [0.1, 0.15) is 0 Å². The Hall–Kier alpha value is -0.210. The van der Waals surface area contributed by atoms with Crippen LogP contribution in [0.5, 0.6) is 0 Å². The van der Waals surface area contributed by atoms with Crippen LogP contribution >= 0.6 is 0 Å². The fourth-order valence-corrected chi connectivity index (χ4v) is 3.85. The summed E-state index contributed by atoms with van der Waals surface area (Å²) in [7, 11) is -2.99. The van der Waals surface area contributed by atoms with Crippen molar-refractivity contribution in [3.8, 4) is 0 Å². The Morgan fingerprint density at radius 1 is 0.643 bits per heavy atom. The third-order valence-corrected chi connectivity index (χ3v) is 5.82. The minimum absolute atomic E-state index is 0.292. The topological polar surface area (TPSA) is 96.2 Å². The largest absolute Gasteiger partial charge is 0.330 e. The molecular weight excluding hydrogens is 372 g/mol. The molecule has 0 aliphatic carbocycles. The van der Waals surface area contributed by atoms with Crippen LogP contribution in [0.3, 0.4) is 0 Å². The van der Waals surface area contributed by atoms with Gasteiger partial charge in [-0.2, -0.15) is 0 Å². The number of rotatable bonds is 20. The van der Waals surface area contributed by atoms with Gasteiger partial charge in [0.2, 0.25) is 10.0 Å². The zero-order chi connectivity index (χ0) is 21.3. The summed E-state index contributed by atoms with van der Waals surface area (Å²) in [5, 5.41) is 6.66. The van der Waals surface area contributed by atoms with E-state index in [0.29, 0.717) is 12.3 Å². The van der Waals surface area contributed by atoms with Crippen LogP contribution in [0, 0.1) is 0 Å². The second-order valence-electron chi connectivity index (χ2n) is 7.29. The molecule has 0 unspecified atom stereocenters. The molecule has 0 amide bonds. The summed E-state index contributed by atoms with van der Waals surface area (Å²) in [5.74, 6) is 0.292. The monoisotopic (exact) mass is 422 g/mol. The van der Waals surface area contributed by atoms with Crippen molar-refractivity contribution in [1.82, 2.24) is 15.4 Å². The molecule has 5 N–H and O–H groups in total. The molecule has 0 bridgehead atoms. The van der Waals surface area contributed by atoms with Crippen molar-refractivity contribution in [2.75, 3.05) is 45.0 Å². The third kappa shape index (κ3) is 28.0. The predicted molar refractivity (Wildman–Crippen MR) is 124 cm³/mol. The van der Waals surface area contributed by atoms with Crippen LogP contribution in [-0.2, 0) is 10.0 Å². The van der Waals surface area contributed by atoms with E-state index in [9.17, 15) is 8.42 Å². The molecule has 28 heavy (non-hydrogen) atoms. The molecule has 0 atom stereocenters. The summed E-state index contributed by atoms with van der Waals surface area (Å²) in [6.07, 6.45) is 12.6. The maximum absolute atomic E-state index is 11.4. The van der Waals surface area contributed by atoms with Crippen molar-refractivity contribution >= 4 is 10.0 Å². The SMILES string of the molecule is CCCCCCCCCS(=O)(=O)NCCC.CCNCCCCNCCCN. The zero-order valence-electron chi connectivity index (χ0n) is 19.0. The highest BCUT2D eigenvalue weighted by molar-refractivity contribution is 7.89. The van der Waals surface area contributed by atoms with Gasteiger partial charge in [0.15, 0.2) is 0 Å². The van der Waals surface area contributed by atoms with Gasteiger partial charge in [-0.15, -0.1) is 0 Å². The highest BCUT2D eigenvalue weighted by atomic mass is 32.2. The highest BCUT2D eigenvalue weighted by Gasteiger charge is 2.07. The number of hydrogen-bond donors (Lipinski definition) is 4. The highest BCUT2D eigenvalue weighted by Crippen LogP contribution is 2.07. The van der Waals surface area contributed by atoms with Crippen molar-refractivity contribution in [2.45, 2.75) is 91.4 Å². The third-order valence-electron chi connectivity index (χ3n) is 4.35. The summed E-state index contributed by atoms with van der Waals surface area (Å²) in [6, 6.07) is 0. The van der Waals surface area contributed by atoms with Gasteiger partial charge in [0.05, 0.1) is 5.75 Å². The molecule has 172 valence electrons. The van der Waals surface area contributed by atoms with Crippen LogP contribution < -0.4 is 21.1 Å². The van der Waals surface area contributed by atoms with Crippen molar-refractivity contribution < 1.29 is 8.42 Å². The summed E-state index contributed by atoms with van der Waals surface area (Å²) < 4.78 is 25.4. The van der Waals surface area contributed by atoms with Gasteiger partial charge in [0, 0.05) is 6.54 Å². The Kier molecular flexibility index (Phi) is 26.6. The lowest BCUT2D eigenvalue weighted by molar-refractivity contribution is 0.568. The van der Waals surface area contributed by atoms with E-state index in [1.807, 2.05) is 6.92 Å². The molecule has 0 rings (SSSR count). The second kappa shape index (κ2) is 24.8. The van der Waals surface area contributed by atoms with Crippen LogP contribution in [-0.4, -0.2) is 53.4 Å². The normalized spacial score (nSPS) is 11.3. The number of nitrogens with two attached hydrogens (primary N) is 1. The van der Waals surface area contributed by atoms with E-state index in [4.69, 9.17) is 5.73 Å². The summed E-state index contributed by atoms with van der Waals surface area (Å²) in [5.41, 5.74) is 5.36. The number of hydrogen-bond acceptors (Lipinski definition) is 5. The molecule has 0 spiro atoms. The first kappa shape index (κ1) is 30.0. The van der Waals surface area contributed by atoms with Crippen LogP contribution in [0.1, 0.15) is 91.4 Å². The maximum atomic E-state index is 11.4. The van der Waals surface area contributed by atoms with E-state index in [0.717, 1.165) is 58.4 Å². The van der Waals surface area contributed by atoms with E-state index < -0.39 is 10.0 Å². The average Bonchev–Trinajstić information content (AvgIpc) is 2.68. The molecule has 0 saturated carbocycles. The molecule has 6 nitrogen and oxygen atoms in total. The van der Waals surface area contributed by atoms with Gasteiger partial charge in [-0.1, -0.05) is 59.3 Å². The van der Waals surface area contributed by atoms with E-state index in [2.05, 4.69) is 29.2 Å². The lowest BCUT2D eigenvalue weighted by atomic mass is 10.1. The number of unbranched alkanes of at least 4 members (excludes halogenated alkanes) is 7. The predicted octanol–water partition coefficient (Wildman–Crippen LogP) is 3.38. The van der Waals surface area contributed by atoms with Crippen LogP contribution in [0.25, 0.3) is 0 Å². The lowest BCUT2D eigenvalue weighted by Crippen LogP contribution is -2.26. The fraction of sp³-hybridized carbons (Fsp3) is 1.00. The van der Waals surface area contributed by atoms with Gasteiger partial charge >= 0.3 is 0 Å². The molecule has 0 radical (unpaired) electrons. The average molecular weight is 423 g/mol. The van der Waals surface area contributed by atoms with E-state index in [1.165, 1.54) is 44.9 Å². The standard InChI is InChI=1S/C12H27NO2S.C9H23N3/c1-3-5-6-7-8-9-10-12-16(14,15)13-11-4-2;1-2-11-7-3-4-8-12-9-5-6-10/h13H,3-12H2,1-2H3;11-12H,2-10H2,1H3. The molecule has 0 aromatic heterocycles. The van der Waals surface area contributed by atoms with Crippen LogP contribution in [0.2, 0.25) is 0 Å².